The van der Waals surface area contributed by atoms with Crippen molar-refractivity contribution in [3.63, 3.8) is 0 Å². The fourth-order valence-corrected chi connectivity index (χ4v) is 4.17. The molecule has 0 bridgehead atoms. The van der Waals surface area contributed by atoms with E-state index in [9.17, 15) is 9.59 Å². The van der Waals surface area contributed by atoms with Crippen LogP contribution < -0.4 is 5.32 Å². The van der Waals surface area contributed by atoms with Gasteiger partial charge in [0.05, 0.1) is 0 Å². The molecule has 2 heterocycles. The van der Waals surface area contributed by atoms with Gasteiger partial charge in [-0.15, -0.1) is 0 Å². The van der Waals surface area contributed by atoms with E-state index < -0.39 is 6.04 Å². The Morgan fingerprint density at radius 3 is 2.00 bits per heavy atom. The van der Waals surface area contributed by atoms with Crippen molar-refractivity contribution in [1.82, 2.24) is 15.1 Å². The Bertz CT molecular complexity index is 921. The highest BCUT2D eigenvalue weighted by Crippen LogP contribution is 2.34. The van der Waals surface area contributed by atoms with E-state index in [1.165, 1.54) is 18.7 Å². The fourth-order valence-electron chi connectivity index (χ4n) is 4.17. The number of rotatable bonds is 3. The van der Waals surface area contributed by atoms with Gasteiger partial charge in [0.1, 0.15) is 6.04 Å². The number of allylic oxidation sites excluding steroid dienone is 1. The molecule has 5 nitrogen and oxygen atoms in total. The molecular formula is C28H35N3O2. The molecule has 5 rings (SSSR count). The van der Waals surface area contributed by atoms with E-state index in [0.717, 1.165) is 37.1 Å². The number of ketones is 1. The predicted molar refractivity (Wildman–Crippen MR) is 134 cm³/mol. The molecule has 1 fully saturated rings. The molecule has 2 aromatic rings. The van der Waals surface area contributed by atoms with Crippen molar-refractivity contribution < 1.29 is 9.59 Å². The van der Waals surface area contributed by atoms with E-state index in [2.05, 4.69) is 17.3 Å². The molecule has 2 aliphatic heterocycles. The fraction of sp³-hybridized carbons (Fsp3) is 0.357. The number of nitrogens with zero attached hydrogens (tertiary/aromatic N) is 2. The van der Waals surface area contributed by atoms with Crippen LogP contribution in [0.3, 0.4) is 0 Å². The highest BCUT2D eigenvalue weighted by molar-refractivity contribution is 6.02. The molecule has 1 N–H and O–H groups in total. The quantitative estimate of drug-likeness (QED) is 0.776. The number of likely N-dealkylation sites (N-methyl/N-ethyl adjacent to an activating group) is 1. The Morgan fingerprint density at radius 2 is 1.52 bits per heavy atom. The van der Waals surface area contributed by atoms with Crippen molar-refractivity contribution in [3.05, 3.63) is 95.6 Å². The monoisotopic (exact) mass is 445 g/mol. The smallest absolute Gasteiger partial charge is 0.255 e. The van der Waals surface area contributed by atoms with Crippen LogP contribution in [0.5, 0.6) is 0 Å². The maximum Gasteiger partial charge on any atom is 0.255 e. The number of carbonyl (C=O) groups is 2. The average molecular weight is 446 g/mol. The number of hydrogen-bond acceptors (Lipinski definition) is 4. The summed E-state index contributed by atoms with van der Waals surface area (Å²) in [6.07, 6.45) is 5.85. The standard InChI is InChI=1S/C17H17NO2.C6H6.C5H12N2/c1-12(19)16(13-7-3-2-4-8-13)18-11-14-9-5-6-10-15(14)17(18)20;1-2-4-6-5-3-1;1-7-4-2-6-3-5-7/h2-4,6-8,10,16H,5,9,11H2,1H3;1-6H;6H,2-5H2,1H3. The van der Waals surface area contributed by atoms with Gasteiger partial charge in [-0.25, -0.2) is 0 Å². The molecule has 0 aromatic heterocycles. The molecule has 5 heteroatoms. The van der Waals surface area contributed by atoms with Crippen LogP contribution in [-0.4, -0.2) is 61.3 Å². The molecule has 33 heavy (non-hydrogen) atoms. The van der Waals surface area contributed by atoms with Gasteiger partial charge in [-0.1, -0.05) is 78.9 Å². The number of Topliss-reactive ketones (excluding diaryl/α,β-unsaturated/α-hetero) is 1. The zero-order valence-corrected chi connectivity index (χ0v) is 19.7. The van der Waals surface area contributed by atoms with Gasteiger partial charge in [0.25, 0.3) is 5.91 Å². The molecule has 3 aliphatic rings. The van der Waals surface area contributed by atoms with Gasteiger partial charge >= 0.3 is 0 Å². The van der Waals surface area contributed by atoms with Crippen LogP contribution in [0.15, 0.2) is 90.0 Å². The highest BCUT2D eigenvalue weighted by atomic mass is 16.2. The third-order valence-electron chi connectivity index (χ3n) is 5.95. The first kappa shape index (κ1) is 24.6. The number of benzene rings is 2. The van der Waals surface area contributed by atoms with Gasteiger partial charge in [0, 0.05) is 38.3 Å². The lowest BCUT2D eigenvalue weighted by molar-refractivity contribution is -0.134. The minimum Gasteiger partial charge on any atom is -0.320 e. The van der Waals surface area contributed by atoms with E-state index in [4.69, 9.17) is 0 Å². The van der Waals surface area contributed by atoms with Crippen LogP contribution in [0.2, 0.25) is 0 Å². The molecule has 0 radical (unpaired) electrons. The van der Waals surface area contributed by atoms with E-state index in [0.29, 0.717) is 6.54 Å². The molecular weight excluding hydrogens is 410 g/mol. The van der Waals surface area contributed by atoms with Gasteiger partial charge in [-0.05, 0) is 37.9 Å². The van der Waals surface area contributed by atoms with Gasteiger partial charge in [0.15, 0.2) is 5.78 Å². The van der Waals surface area contributed by atoms with Crippen molar-refractivity contribution in [3.8, 4) is 0 Å². The van der Waals surface area contributed by atoms with Gasteiger partial charge in [-0.3, -0.25) is 9.59 Å². The van der Waals surface area contributed by atoms with Crippen molar-refractivity contribution in [2.75, 3.05) is 39.8 Å². The zero-order chi connectivity index (χ0) is 23.5. The van der Waals surface area contributed by atoms with E-state index in [1.54, 1.807) is 11.8 Å². The first-order valence-corrected chi connectivity index (χ1v) is 11.7. The Labute approximate surface area is 197 Å². The molecule has 0 saturated carbocycles. The maximum atomic E-state index is 12.5. The van der Waals surface area contributed by atoms with Crippen LogP contribution in [0, 0.1) is 0 Å². The number of nitrogens with one attached hydrogen (secondary N) is 1. The molecule has 1 unspecified atom stereocenters. The lowest BCUT2D eigenvalue weighted by Crippen LogP contribution is -2.40. The maximum absolute atomic E-state index is 12.5. The summed E-state index contributed by atoms with van der Waals surface area (Å²) >= 11 is 0. The van der Waals surface area contributed by atoms with Crippen LogP contribution in [0.1, 0.15) is 31.4 Å². The van der Waals surface area contributed by atoms with E-state index >= 15 is 0 Å². The third kappa shape index (κ3) is 7.24. The minimum absolute atomic E-state index is 0.00776. The summed E-state index contributed by atoms with van der Waals surface area (Å²) in [7, 11) is 2.15. The van der Waals surface area contributed by atoms with E-state index in [-0.39, 0.29) is 11.7 Å². The number of amides is 1. The Kier molecular flexibility index (Phi) is 9.60. The topological polar surface area (TPSA) is 52.7 Å². The molecule has 1 atom stereocenters. The summed E-state index contributed by atoms with van der Waals surface area (Å²) in [5.41, 5.74) is 2.84. The Hall–Kier alpha value is -3.02. The van der Waals surface area contributed by atoms with Gasteiger partial charge in [0.2, 0.25) is 0 Å². The minimum atomic E-state index is -0.470. The van der Waals surface area contributed by atoms with Crippen molar-refractivity contribution in [1.29, 1.82) is 0 Å². The Morgan fingerprint density at radius 1 is 0.939 bits per heavy atom. The summed E-state index contributed by atoms with van der Waals surface area (Å²) in [6, 6.07) is 21.1. The highest BCUT2D eigenvalue weighted by Gasteiger charge is 2.36. The number of hydrogen-bond donors (Lipinski definition) is 1. The van der Waals surface area contributed by atoms with E-state index in [1.807, 2.05) is 78.9 Å². The molecule has 1 aliphatic carbocycles. The second kappa shape index (κ2) is 12.9. The van der Waals surface area contributed by atoms with Crippen molar-refractivity contribution >= 4 is 11.7 Å². The molecule has 174 valence electrons. The summed E-state index contributed by atoms with van der Waals surface area (Å²) in [5.74, 6) is -0.00613. The summed E-state index contributed by atoms with van der Waals surface area (Å²) in [4.78, 5) is 28.6. The van der Waals surface area contributed by atoms with Crippen molar-refractivity contribution in [2.45, 2.75) is 25.8 Å². The predicted octanol–water partition coefficient (Wildman–Crippen LogP) is 4.01. The first-order chi connectivity index (χ1) is 16.1. The second-order valence-electron chi connectivity index (χ2n) is 8.52. The van der Waals surface area contributed by atoms with Crippen LogP contribution in [0.25, 0.3) is 0 Å². The lowest BCUT2D eigenvalue weighted by Gasteiger charge is -2.26. The largest absolute Gasteiger partial charge is 0.320 e. The summed E-state index contributed by atoms with van der Waals surface area (Å²) < 4.78 is 0. The lowest BCUT2D eigenvalue weighted by atomic mass is 10.0. The van der Waals surface area contributed by atoms with Gasteiger partial charge < -0.3 is 15.1 Å². The molecule has 1 amide bonds. The first-order valence-electron chi connectivity index (χ1n) is 11.7. The normalized spacial score (nSPS) is 18.5. The molecule has 1 saturated heterocycles. The molecule has 2 aromatic carbocycles. The zero-order valence-electron chi connectivity index (χ0n) is 19.7. The van der Waals surface area contributed by atoms with Crippen LogP contribution >= 0.6 is 0 Å². The van der Waals surface area contributed by atoms with Crippen LogP contribution in [0.4, 0.5) is 0 Å². The SMILES string of the molecule is CC(=O)C(c1ccccc1)N1CC2=C(C=CCC2)C1=O.CN1CCNCC1.c1ccccc1. The second-order valence-corrected chi connectivity index (χ2v) is 8.52. The molecule has 0 spiro atoms. The Balaban J connectivity index is 0.000000191. The average Bonchev–Trinajstić information content (AvgIpc) is 3.18. The third-order valence-corrected chi connectivity index (χ3v) is 5.95. The van der Waals surface area contributed by atoms with Gasteiger partial charge in [-0.2, -0.15) is 0 Å². The van der Waals surface area contributed by atoms with Crippen molar-refractivity contribution in [2.24, 2.45) is 0 Å². The number of carbonyl (C=O) groups excluding carboxylic acids is 2. The summed E-state index contributed by atoms with van der Waals surface area (Å²) in [5, 5.41) is 3.27. The number of piperazine rings is 1. The van der Waals surface area contributed by atoms with Crippen LogP contribution in [-0.2, 0) is 9.59 Å². The summed E-state index contributed by atoms with van der Waals surface area (Å²) in [6.45, 7) is 6.88.